The monoisotopic (exact) mass is 249 g/mol. The predicted octanol–water partition coefficient (Wildman–Crippen LogP) is 2.65. The van der Waals surface area contributed by atoms with Crippen molar-refractivity contribution in [3.63, 3.8) is 0 Å². The molecular weight excluding hydrogens is 234 g/mol. The van der Waals surface area contributed by atoms with Crippen LogP contribution >= 0.6 is 11.3 Å². The van der Waals surface area contributed by atoms with Crippen molar-refractivity contribution < 1.29 is 4.74 Å². The van der Waals surface area contributed by atoms with Crippen LogP contribution in [0, 0.1) is 6.92 Å². The zero-order valence-corrected chi connectivity index (χ0v) is 10.7. The summed E-state index contributed by atoms with van der Waals surface area (Å²) in [6, 6.07) is 5.59. The minimum absolute atomic E-state index is 0.678. The van der Waals surface area contributed by atoms with E-state index in [-0.39, 0.29) is 0 Å². The van der Waals surface area contributed by atoms with E-state index >= 15 is 0 Å². The number of methoxy groups -OCH3 is 1. The van der Waals surface area contributed by atoms with Gasteiger partial charge in [0, 0.05) is 17.1 Å². The highest BCUT2D eigenvalue weighted by Crippen LogP contribution is 2.24. The van der Waals surface area contributed by atoms with E-state index in [1.54, 1.807) is 24.5 Å². The Morgan fingerprint density at radius 2 is 2.29 bits per heavy atom. The molecule has 90 valence electrons. The molecule has 1 heterocycles. The van der Waals surface area contributed by atoms with E-state index in [1.165, 1.54) is 0 Å². The minimum Gasteiger partial charge on any atom is -0.497 e. The maximum Gasteiger partial charge on any atom is 0.121 e. The van der Waals surface area contributed by atoms with Gasteiger partial charge in [-0.05, 0) is 19.1 Å². The molecule has 3 N–H and O–H groups in total. The van der Waals surface area contributed by atoms with Crippen LogP contribution in [0.3, 0.4) is 0 Å². The molecule has 0 fully saturated rings. The molecule has 4 nitrogen and oxygen atoms in total. The molecule has 1 aromatic heterocycles. The molecule has 0 aliphatic carbocycles. The van der Waals surface area contributed by atoms with Gasteiger partial charge < -0.3 is 15.8 Å². The van der Waals surface area contributed by atoms with Gasteiger partial charge in [0.15, 0.2) is 0 Å². The average Bonchev–Trinajstić information content (AvgIpc) is 2.73. The third-order valence-corrected chi connectivity index (χ3v) is 3.32. The first-order valence-electron chi connectivity index (χ1n) is 5.27. The molecule has 5 heteroatoms. The van der Waals surface area contributed by atoms with Crippen LogP contribution in [0.25, 0.3) is 0 Å². The second kappa shape index (κ2) is 5.05. The lowest BCUT2D eigenvalue weighted by Crippen LogP contribution is -2.02. The summed E-state index contributed by atoms with van der Waals surface area (Å²) >= 11 is 1.64. The fourth-order valence-electron chi connectivity index (χ4n) is 1.48. The topological polar surface area (TPSA) is 60.2 Å². The first-order valence-corrected chi connectivity index (χ1v) is 6.15. The molecule has 0 amide bonds. The van der Waals surface area contributed by atoms with Gasteiger partial charge in [-0.3, -0.25) is 0 Å². The van der Waals surface area contributed by atoms with Crippen LogP contribution in [-0.4, -0.2) is 12.1 Å². The van der Waals surface area contributed by atoms with Gasteiger partial charge >= 0.3 is 0 Å². The van der Waals surface area contributed by atoms with Crippen molar-refractivity contribution in [2.45, 2.75) is 13.5 Å². The summed E-state index contributed by atoms with van der Waals surface area (Å²) in [6.45, 7) is 2.68. The number of aromatic nitrogens is 1. The standard InChI is InChI=1S/C12H15N3OS/c1-8-7-17-12(15-8)6-14-11-4-3-9(16-2)5-10(11)13/h3-5,7,14H,6,13H2,1-2H3. The number of hydrogen-bond acceptors (Lipinski definition) is 5. The number of ether oxygens (including phenoxy) is 1. The van der Waals surface area contributed by atoms with Crippen molar-refractivity contribution in [3.8, 4) is 5.75 Å². The number of nitrogens with zero attached hydrogens (tertiary/aromatic N) is 1. The number of nitrogen functional groups attached to an aromatic ring is 1. The van der Waals surface area contributed by atoms with Crippen LogP contribution in [0.1, 0.15) is 10.7 Å². The van der Waals surface area contributed by atoms with Gasteiger partial charge in [-0.2, -0.15) is 0 Å². The fourth-order valence-corrected chi connectivity index (χ4v) is 2.20. The second-order valence-corrected chi connectivity index (χ2v) is 4.63. The fraction of sp³-hybridized carbons (Fsp3) is 0.250. The number of anilines is 2. The highest BCUT2D eigenvalue weighted by Gasteiger charge is 2.02. The number of thiazole rings is 1. The Kier molecular flexibility index (Phi) is 3.49. The molecule has 1 aromatic carbocycles. The average molecular weight is 249 g/mol. The van der Waals surface area contributed by atoms with E-state index in [0.29, 0.717) is 12.2 Å². The van der Waals surface area contributed by atoms with Gasteiger partial charge in [0.05, 0.1) is 25.0 Å². The maximum atomic E-state index is 5.91. The van der Waals surface area contributed by atoms with Crippen molar-refractivity contribution in [2.75, 3.05) is 18.2 Å². The van der Waals surface area contributed by atoms with Gasteiger partial charge in [0.25, 0.3) is 0 Å². The molecule has 0 saturated carbocycles. The van der Waals surface area contributed by atoms with Crippen molar-refractivity contribution >= 4 is 22.7 Å². The third kappa shape index (κ3) is 2.88. The zero-order chi connectivity index (χ0) is 12.3. The van der Waals surface area contributed by atoms with Gasteiger partial charge in [0.2, 0.25) is 0 Å². The van der Waals surface area contributed by atoms with Crippen LogP contribution < -0.4 is 15.8 Å². The van der Waals surface area contributed by atoms with Crippen LogP contribution in [0.15, 0.2) is 23.6 Å². The molecule has 0 spiro atoms. The number of rotatable bonds is 4. The predicted molar refractivity (Wildman–Crippen MR) is 71.6 cm³/mol. The van der Waals surface area contributed by atoms with Crippen molar-refractivity contribution in [1.29, 1.82) is 0 Å². The van der Waals surface area contributed by atoms with Gasteiger partial charge in [0.1, 0.15) is 10.8 Å². The van der Waals surface area contributed by atoms with Crippen LogP contribution in [0.2, 0.25) is 0 Å². The molecule has 0 saturated heterocycles. The molecule has 2 aromatic rings. The Labute approximate surface area is 104 Å². The molecule has 0 radical (unpaired) electrons. The van der Waals surface area contributed by atoms with Gasteiger partial charge in [-0.25, -0.2) is 4.98 Å². The summed E-state index contributed by atoms with van der Waals surface area (Å²) in [5, 5.41) is 6.35. The molecule has 0 unspecified atom stereocenters. The lowest BCUT2D eigenvalue weighted by atomic mass is 10.2. The minimum atomic E-state index is 0.678. The van der Waals surface area contributed by atoms with Crippen molar-refractivity contribution in [3.05, 3.63) is 34.3 Å². The largest absolute Gasteiger partial charge is 0.497 e. The quantitative estimate of drug-likeness (QED) is 0.818. The first-order chi connectivity index (χ1) is 8.19. The number of benzene rings is 1. The summed E-state index contributed by atoms with van der Waals surface area (Å²) in [5.74, 6) is 0.762. The molecule has 0 aliphatic rings. The Bertz CT molecular complexity index is 510. The normalized spacial score (nSPS) is 10.2. The Hall–Kier alpha value is -1.75. The Balaban J connectivity index is 2.04. The summed E-state index contributed by atoms with van der Waals surface area (Å²) in [7, 11) is 1.63. The van der Waals surface area contributed by atoms with Crippen molar-refractivity contribution in [1.82, 2.24) is 4.98 Å². The Morgan fingerprint density at radius 3 is 2.88 bits per heavy atom. The highest BCUT2D eigenvalue weighted by atomic mass is 32.1. The zero-order valence-electron chi connectivity index (χ0n) is 9.86. The van der Waals surface area contributed by atoms with E-state index in [1.807, 2.05) is 24.4 Å². The molecule has 0 aliphatic heterocycles. The smallest absolute Gasteiger partial charge is 0.121 e. The first kappa shape index (κ1) is 11.7. The molecule has 0 bridgehead atoms. The molecule has 17 heavy (non-hydrogen) atoms. The highest BCUT2D eigenvalue weighted by molar-refractivity contribution is 7.09. The van der Waals surface area contributed by atoms with Gasteiger partial charge in [-0.15, -0.1) is 11.3 Å². The Morgan fingerprint density at radius 1 is 1.47 bits per heavy atom. The van der Waals surface area contributed by atoms with Crippen LogP contribution in [0.4, 0.5) is 11.4 Å². The van der Waals surface area contributed by atoms with Crippen molar-refractivity contribution in [2.24, 2.45) is 0 Å². The maximum absolute atomic E-state index is 5.91. The third-order valence-electron chi connectivity index (χ3n) is 2.36. The number of aryl methyl sites for hydroxylation is 1. The molecule has 2 rings (SSSR count). The van der Waals surface area contributed by atoms with E-state index in [2.05, 4.69) is 10.3 Å². The van der Waals surface area contributed by atoms with Crippen LogP contribution in [-0.2, 0) is 6.54 Å². The molecular formula is C12H15N3OS. The summed E-state index contributed by atoms with van der Waals surface area (Å²) < 4.78 is 5.10. The van der Waals surface area contributed by atoms with E-state index in [4.69, 9.17) is 10.5 Å². The second-order valence-electron chi connectivity index (χ2n) is 3.69. The lowest BCUT2D eigenvalue weighted by molar-refractivity contribution is 0.415. The van der Waals surface area contributed by atoms with Crippen LogP contribution in [0.5, 0.6) is 5.75 Å². The van der Waals surface area contributed by atoms with E-state index < -0.39 is 0 Å². The summed E-state index contributed by atoms with van der Waals surface area (Å²) in [5.41, 5.74) is 8.54. The molecule has 0 atom stereocenters. The van der Waals surface area contributed by atoms with E-state index in [9.17, 15) is 0 Å². The summed E-state index contributed by atoms with van der Waals surface area (Å²) in [6.07, 6.45) is 0. The van der Waals surface area contributed by atoms with Gasteiger partial charge in [-0.1, -0.05) is 0 Å². The number of hydrogen-bond donors (Lipinski definition) is 2. The summed E-state index contributed by atoms with van der Waals surface area (Å²) in [4.78, 5) is 4.38. The lowest BCUT2D eigenvalue weighted by Gasteiger charge is -2.09. The SMILES string of the molecule is COc1ccc(NCc2nc(C)cs2)c(N)c1. The number of nitrogens with two attached hydrogens (primary N) is 1. The number of nitrogens with one attached hydrogen (secondary N) is 1. The van der Waals surface area contributed by atoms with E-state index in [0.717, 1.165) is 22.1 Å².